The average molecular weight is 316 g/mol. The van der Waals surface area contributed by atoms with Gasteiger partial charge in [-0.15, -0.1) is 0 Å². The van der Waals surface area contributed by atoms with Crippen LogP contribution in [0.2, 0.25) is 10.0 Å². The Morgan fingerprint density at radius 3 is 2.05 bits per heavy atom. The normalized spacial score (nSPS) is 22.5. The summed E-state index contributed by atoms with van der Waals surface area (Å²) < 4.78 is 0. The number of hydrogen-bond acceptors (Lipinski definition) is 2. The number of benzene rings is 1. The van der Waals surface area contributed by atoms with Crippen molar-refractivity contribution in [2.45, 2.75) is 45.6 Å². The van der Waals surface area contributed by atoms with Gasteiger partial charge in [0.05, 0.1) is 6.10 Å². The third-order valence-electron chi connectivity index (χ3n) is 4.79. The largest absolute Gasteiger partial charge is 0.388 e. The van der Waals surface area contributed by atoms with Crippen LogP contribution in [0.3, 0.4) is 0 Å². The first-order chi connectivity index (χ1) is 9.28. The van der Waals surface area contributed by atoms with E-state index in [0.29, 0.717) is 22.0 Å². The van der Waals surface area contributed by atoms with E-state index in [-0.39, 0.29) is 5.41 Å². The summed E-state index contributed by atoms with van der Waals surface area (Å²) in [6.07, 6.45) is 3.41. The highest BCUT2D eigenvalue weighted by atomic mass is 35.5. The number of aliphatic hydroxyl groups is 1. The van der Waals surface area contributed by atoms with Crippen molar-refractivity contribution in [3.05, 3.63) is 33.8 Å². The Labute approximate surface area is 131 Å². The second kappa shape index (κ2) is 5.84. The molecule has 4 heteroatoms. The number of aliphatic hydroxyl groups excluding tert-OH is 1. The Morgan fingerprint density at radius 2 is 1.60 bits per heavy atom. The lowest BCUT2D eigenvalue weighted by molar-refractivity contribution is -0.0235. The molecule has 2 rings (SSSR count). The van der Waals surface area contributed by atoms with Crippen LogP contribution in [0.5, 0.6) is 0 Å². The van der Waals surface area contributed by atoms with E-state index in [1.54, 1.807) is 18.2 Å². The molecule has 1 atom stereocenters. The van der Waals surface area contributed by atoms with Crippen molar-refractivity contribution in [2.24, 2.45) is 16.6 Å². The maximum Gasteiger partial charge on any atom is 0.0859 e. The molecule has 1 aliphatic carbocycles. The van der Waals surface area contributed by atoms with Gasteiger partial charge in [0.1, 0.15) is 0 Å². The van der Waals surface area contributed by atoms with E-state index >= 15 is 0 Å². The van der Waals surface area contributed by atoms with Gasteiger partial charge in [-0.3, -0.25) is 0 Å². The summed E-state index contributed by atoms with van der Waals surface area (Å²) in [7, 11) is 0. The fraction of sp³-hybridized carbons (Fsp3) is 0.625. The maximum absolute atomic E-state index is 10.8. The smallest absolute Gasteiger partial charge is 0.0859 e. The maximum atomic E-state index is 10.8. The van der Waals surface area contributed by atoms with E-state index in [2.05, 4.69) is 13.8 Å². The molecule has 1 aromatic carbocycles. The van der Waals surface area contributed by atoms with Gasteiger partial charge in [-0.05, 0) is 54.9 Å². The lowest BCUT2D eigenvalue weighted by Gasteiger charge is -2.46. The van der Waals surface area contributed by atoms with Gasteiger partial charge in [0.25, 0.3) is 0 Å². The van der Waals surface area contributed by atoms with Crippen molar-refractivity contribution in [3.63, 3.8) is 0 Å². The van der Waals surface area contributed by atoms with Gasteiger partial charge in [0.2, 0.25) is 0 Å². The summed E-state index contributed by atoms with van der Waals surface area (Å²) >= 11 is 12.1. The first-order valence-electron chi connectivity index (χ1n) is 7.12. The van der Waals surface area contributed by atoms with Crippen LogP contribution in [0.1, 0.15) is 51.2 Å². The zero-order valence-corrected chi connectivity index (χ0v) is 13.6. The minimum atomic E-state index is -0.611. The minimum absolute atomic E-state index is 0.260. The van der Waals surface area contributed by atoms with Crippen LogP contribution in [0, 0.1) is 10.8 Å². The third kappa shape index (κ3) is 3.30. The van der Waals surface area contributed by atoms with Crippen LogP contribution in [-0.4, -0.2) is 11.7 Å². The number of rotatable bonds is 3. The molecule has 0 aliphatic heterocycles. The van der Waals surface area contributed by atoms with Crippen LogP contribution in [-0.2, 0) is 0 Å². The standard InChI is InChI=1S/C16H23Cl2NO/c1-15(2)3-5-16(10-19,6-4-15)14(20)11-7-12(17)9-13(18)8-11/h7-9,14,20H,3-6,10,19H2,1-2H3. The van der Waals surface area contributed by atoms with Crippen molar-refractivity contribution in [3.8, 4) is 0 Å². The monoisotopic (exact) mass is 315 g/mol. The molecule has 3 N–H and O–H groups in total. The highest BCUT2D eigenvalue weighted by Crippen LogP contribution is 2.51. The molecular formula is C16H23Cl2NO. The number of hydrogen-bond donors (Lipinski definition) is 2. The minimum Gasteiger partial charge on any atom is -0.388 e. The lowest BCUT2D eigenvalue weighted by atomic mass is 9.62. The van der Waals surface area contributed by atoms with E-state index in [1.165, 1.54) is 0 Å². The van der Waals surface area contributed by atoms with Gasteiger partial charge >= 0.3 is 0 Å². The van der Waals surface area contributed by atoms with Crippen molar-refractivity contribution >= 4 is 23.2 Å². The van der Waals surface area contributed by atoms with Crippen LogP contribution >= 0.6 is 23.2 Å². The van der Waals surface area contributed by atoms with E-state index in [9.17, 15) is 5.11 Å². The molecule has 0 saturated heterocycles. The highest BCUT2D eigenvalue weighted by molar-refractivity contribution is 6.34. The van der Waals surface area contributed by atoms with E-state index < -0.39 is 6.10 Å². The molecular weight excluding hydrogens is 293 g/mol. The number of halogens is 2. The van der Waals surface area contributed by atoms with Gasteiger partial charge < -0.3 is 10.8 Å². The first kappa shape index (κ1) is 16.1. The first-order valence-corrected chi connectivity index (χ1v) is 7.88. The average Bonchev–Trinajstić information content (AvgIpc) is 2.37. The summed E-state index contributed by atoms with van der Waals surface area (Å²) in [6.45, 7) is 5.03. The van der Waals surface area contributed by atoms with Crippen LogP contribution in [0.4, 0.5) is 0 Å². The van der Waals surface area contributed by atoms with Crippen LogP contribution < -0.4 is 5.73 Å². The Balaban J connectivity index is 2.27. The van der Waals surface area contributed by atoms with Crippen molar-refractivity contribution in [1.29, 1.82) is 0 Å². The zero-order valence-electron chi connectivity index (χ0n) is 12.1. The van der Waals surface area contributed by atoms with E-state index in [4.69, 9.17) is 28.9 Å². The SMILES string of the molecule is CC1(C)CCC(CN)(C(O)c2cc(Cl)cc(Cl)c2)CC1. The fourth-order valence-electron chi connectivity index (χ4n) is 3.10. The predicted octanol–water partition coefficient (Wildman–Crippen LogP) is 4.57. The Hall–Kier alpha value is -0.280. The molecule has 0 amide bonds. The Bertz CT molecular complexity index is 457. The number of nitrogens with two attached hydrogens (primary N) is 1. The van der Waals surface area contributed by atoms with E-state index in [0.717, 1.165) is 31.2 Å². The second-order valence-electron chi connectivity index (χ2n) is 6.84. The molecule has 112 valence electrons. The molecule has 2 nitrogen and oxygen atoms in total. The highest BCUT2D eigenvalue weighted by Gasteiger charge is 2.43. The van der Waals surface area contributed by atoms with Gasteiger partial charge in [-0.25, -0.2) is 0 Å². The Morgan fingerprint density at radius 1 is 1.10 bits per heavy atom. The molecule has 1 unspecified atom stereocenters. The molecule has 0 bridgehead atoms. The summed E-state index contributed by atoms with van der Waals surface area (Å²) in [5.41, 5.74) is 6.86. The molecule has 1 aromatic rings. The molecule has 0 aromatic heterocycles. The van der Waals surface area contributed by atoms with E-state index in [1.807, 2.05) is 0 Å². The zero-order chi connectivity index (χ0) is 15.0. The quantitative estimate of drug-likeness (QED) is 0.858. The molecule has 0 radical (unpaired) electrons. The third-order valence-corrected chi connectivity index (χ3v) is 5.22. The Kier molecular flexibility index (Phi) is 4.70. The molecule has 0 heterocycles. The van der Waals surface area contributed by atoms with Gasteiger partial charge in [-0.2, -0.15) is 0 Å². The molecule has 20 heavy (non-hydrogen) atoms. The lowest BCUT2D eigenvalue weighted by Crippen LogP contribution is -2.41. The molecule has 0 spiro atoms. The summed E-state index contributed by atoms with van der Waals surface area (Å²) in [4.78, 5) is 0. The second-order valence-corrected chi connectivity index (χ2v) is 7.71. The van der Waals surface area contributed by atoms with Gasteiger partial charge in [0, 0.05) is 22.0 Å². The van der Waals surface area contributed by atoms with Crippen LogP contribution in [0.15, 0.2) is 18.2 Å². The van der Waals surface area contributed by atoms with Crippen molar-refractivity contribution in [2.75, 3.05) is 6.54 Å². The topological polar surface area (TPSA) is 46.2 Å². The fourth-order valence-corrected chi connectivity index (χ4v) is 3.64. The van der Waals surface area contributed by atoms with Crippen molar-refractivity contribution in [1.82, 2.24) is 0 Å². The summed E-state index contributed by atoms with van der Waals surface area (Å²) in [5, 5.41) is 11.9. The molecule has 1 aliphatic rings. The summed E-state index contributed by atoms with van der Waals surface area (Å²) in [5.74, 6) is 0. The van der Waals surface area contributed by atoms with Crippen molar-refractivity contribution < 1.29 is 5.11 Å². The summed E-state index contributed by atoms with van der Waals surface area (Å²) in [6, 6.07) is 5.25. The van der Waals surface area contributed by atoms with Crippen LogP contribution in [0.25, 0.3) is 0 Å². The predicted molar refractivity (Wildman–Crippen MR) is 85.2 cm³/mol. The van der Waals surface area contributed by atoms with Gasteiger partial charge in [0.15, 0.2) is 0 Å². The van der Waals surface area contributed by atoms with Gasteiger partial charge in [-0.1, -0.05) is 37.0 Å². The molecule has 1 fully saturated rings. The molecule has 1 saturated carbocycles.